The van der Waals surface area contributed by atoms with E-state index in [4.69, 9.17) is 4.74 Å². The second kappa shape index (κ2) is 4.75. The van der Waals surface area contributed by atoms with Gasteiger partial charge >= 0.3 is 0 Å². The molecule has 1 rings (SSSR count). The highest BCUT2D eigenvalue weighted by Crippen LogP contribution is 2.27. The Morgan fingerprint density at radius 1 is 1.38 bits per heavy atom. The van der Waals surface area contributed by atoms with E-state index in [9.17, 15) is 0 Å². The summed E-state index contributed by atoms with van der Waals surface area (Å²) < 4.78 is 5.65. The van der Waals surface area contributed by atoms with Crippen molar-refractivity contribution < 1.29 is 4.74 Å². The largest absolute Gasteiger partial charge is 0.491 e. The highest BCUT2D eigenvalue weighted by atomic mass is 16.5. The molecule has 0 saturated heterocycles. The molecule has 0 heterocycles. The second-order valence-electron chi connectivity index (χ2n) is 3.05. The van der Waals surface area contributed by atoms with E-state index in [1.807, 2.05) is 19.2 Å². The van der Waals surface area contributed by atoms with Gasteiger partial charge in [-0.05, 0) is 25.0 Å². The van der Waals surface area contributed by atoms with Crippen LogP contribution in [0.15, 0.2) is 18.2 Å². The lowest BCUT2D eigenvalue weighted by molar-refractivity contribution is 0.317. The smallest absolute Gasteiger partial charge is 0.145 e. The zero-order valence-corrected chi connectivity index (χ0v) is 8.55. The summed E-state index contributed by atoms with van der Waals surface area (Å²) in [6, 6.07) is 6.11. The lowest BCUT2D eigenvalue weighted by atomic mass is 10.2. The normalized spacial score (nSPS) is 9.77. The molecule has 0 unspecified atom stereocenters. The maximum atomic E-state index is 5.65. The van der Waals surface area contributed by atoms with Gasteiger partial charge in [-0.2, -0.15) is 0 Å². The maximum absolute atomic E-state index is 5.65. The molecule has 0 aromatic heterocycles. The van der Waals surface area contributed by atoms with E-state index in [-0.39, 0.29) is 0 Å². The molecular weight excluding hydrogens is 162 g/mol. The van der Waals surface area contributed by atoms with Crippen molar-refractivity contribution in [1.82, 2.24) is 0 Å². The number of hydrogen-bond acceptors (Lipinski definition) is 2. The van der Waals surface area contributed by atoms with Crippen molar-refractivity contribution in [2.75, 3.05) is 19.0 Å². The van der Waals surface area contributed by atoms with Crippen LogP contribution in [-0.4, -0.2) is 13.7 Å². The topological polar surface area (TPSA) is 21.3 Å². The summed E-state index contributed by atoms with van der Waals surface area (Å²) in [5.41, 5.74) is 2.24. The monoisotopic (exact) mass is 179 g/mol. The Balaban J connectivity index is 2.87. The van der Waals surface area contributed by atoms with Crippen LogP contribution in [0.5, 0.6) is 5.75 Å². The van der Waals surface area contributed by atoms with Crippen LogP contribution in [0.1, 0.15) is 18.9 Å². The van der Waals surface area contributed by atoms with Crippen LogP contribution in [0.3, 0.4) is 0 Å². The molecule has 0 atom stereocenters. The van der Waals surface area contributed by atoms with Gasteiger partial charge in [-0.15, -0.1) is 0 Å². The van der Waals surface area contributed by atoms with Crippen LogP contribution >= 0.6 is 0 Å². The third-order valence-corrected chi connectivity index (χ3v) is 1.93. The zero-order chi connectivity index (χ0) is 9.68. The van der Waals surface area contributed by atoms with Gasteiger partial charge in [-0.25, -0.2) is 0 Å². The van der Waals surface area contributed by atoms with E-state index in [1.54, 1.807) is 0 Å². The third kappa shape index (κ3) is 2.38. The van der Waals surface area contributed by atoms with Gasteiger partial charge in [0.25, 0.3) is 0 Å². The summed E-state index contributed by atoms with van der Waals surface area (Å²) in [5.74, 6) is 0.979. The van der Waals surface area contributed by atoms with E-state index in [0.29, 0.717) is 0 Å². The van der Waals surface area contributed by atoms with E-state index in [0.717, 1.165) is 24.5 Å². The number of benzene rings is 1. The van der Waals surface area contributed by atoms with Crippen molar-refractivity contribution in [3.8, 4) is 5.75 Å². The van der Waals surface area contributed by atoms with E-state index < -0.39 is 0 Å². The Morgan fingerprint density at radius 2 is 2.15 bits per heavy atom. The molecule has 72 valence electrons. The summed E-state index contributed by atoms with van der Waals surface area (Å²) in [5, 5.41) is 3.12. The number of para-hydroxylation sites is 1. The highest BCUT2D eigenvalue weighted by molar-refractivity contribution is 5.59. The van der Waals surface area contributed by atoms with E-state index >= 15 is 0 Å². The number of nitrogens with one attached hydrogen (secondary N) is 1. The van der Waals surface area contributed by atoms with Crippen molar-refractivity contribution in [2.24, 2.45) is 0 Å². The van der Waals surface area contributed by atoms with Gasteiger partial charge in [0.1, 0.15) is 5.75 Å². The average molecular weight is 179 g/mol. The molecule has 1 aromatic carbocycles. The number of hydrogen-bond donors (Lipinski definition) is 1. The average Bonchev–Trinajstić information content (AvgIpc) is 2.15. The van der Waals surface area contributed by atoms with Crippen molar-refractivity contribution >= 4 is 5.69 Å². The minimum absolute atomic E-state index is 0.777. The highest BCUT2D eigenvalue weighted by Gasteiger charge is 2.03. The molecule has 2 heteroatoms. The molecule has 0 aliphatic carbocycles. The molecule has 1 aromatic rings. The Kier molecular flexibility index (Phi) is 3.62. The van der Waals surface area contributed by atoms with Crippen LogP contribution in [0, 0.1) is 6.92 Å². The molecule has 0 bridgehead atoms. The van der Waals surface area contributed by atoms with Crippen LogP contribution < -0.4 is 10.1 Å². The Morgan fingerprint density at radius 3 is 2.77 bits per heavy atom. The standard InChI is InChI=1S/C11H17NO/c1-4-8-13-11-9(2)6-5-7-10(11)12-3/h5-7,12H,4,8H2,1-3H3. The van der Waals surface area contributed by atoms with Crippen LogP contribution in [-0.2, 0) is 0 Å². The maximum Gasteiger partial charge on any atom is 0.145 e. The summed E-state index contributed by atoms with van der Waals surface area (Å²) in [4.78, 5) is 0. The predicted molar refractivity (Wildman–Crippen MR) is 56.5 cm³/mol. The molecule has 13 heavy (non-hydrogen) atoms. The fourth-order valence-electron chi connectivity index (χ4n) is 1.25. The number of aryl methyl sites for hydroxylation is 1. The van der Waals surface area contributed by atoms with Crippen molar-refractivity contribution in [3.63, 3.8) is 0 Å². The summed E-state index contributed by atoms with van der Waals surface area (Å²) in [6.07, 6.45) is 1.04. The molecule has 2 nitrogen and oxygen atoms in total. The van der Waals surface area contributed by atoms with Gasteiger partial charge in [0.15, 0.2) is 0 Å². The lowest BCUT2D eigenvalue weighted by Crippen LogP contribution is -2.00. The fraction of sp³-hybridized carbons (Fsp3) is 0.455. The van der Waals surface area contributed by atoms with Gasteiger partial charge < -0.3 is 10.1 Å². The summed E-state index contributed by atoms with van der Waals surface area (Å²) in [7, 11) is 1.91. The molecule has 0 spiro atoms. The van der Waals surface area contributed by atoms with Gasteiger partial charge in [0, 0.05) is 7.05 Å². The zero-order valence-electron chi connectivity index (χ0n) is 8.55. The molecule has 0 aliphatic heterocycles. The number of anilines is 1. The Labute approximate surface area is 79.9 Å². The first-order valence-corrected chi connectivity index (χ1v) is 4.69. The molecule has 0 saturated carbocycles. The minimum Gasteiger partial charge on any atom is -0.491 e. The second-order valence-corrected chi connectivity index (χ2v) is 3.05. The number of rotatable bonds is 4. The van der Waals surface area contributed by atoms with Gasteiger partial charge in [-0.1, -0.05) is 19.1 Å². The van der Waals surface area contributed by atoms with Crippen LogP contribution in [0.4, 0.5) is 5.69 Å². The SMILES string of the molecule is CCCOc1c(C)cccc1NC. The Hall–Kier alpha value is -1.18. The fourth-order valence-corrected chi connectivity index (χ4v) is 1.25. The van der Waals surface area contributed by atoms with Gasteiger partial charge in [0.2, 0.25) is 0 Å². The molecule has 0 fully saturated rings. The molecule has 0 aliphatic rings. The van der Waals surface area contributed by atoms with E-state index in [1.165, 1.54) is 5.56 Å². The molecule has 1 N–H and O–H groups in total. The van der Waals surface area contributed by atoms with Crippen LogP contribution in [0.2, 0.25) is 0 Å². The quantitative estimate of drug-likeness (QED) is 0.767. The first-order chi connectivity index (χ1) is 6.29. The van der Waals surface area contributed by atoms with Crippen molar-refractivity contribution in [2.45, 2.75) is 20.3 Å². The first-order valence-electron chi connectivity index (χ1n) is 4.69. The summed E-state index contributed by atoms with van der Waals surface area (Å²) in [6.45, 7) is 4.95. The minimum atomic E-state index is 0.777. The first kappa shape index (κ1) is 9.90. The van der Waals surface area contributed by atoms with E-state index in [2.05, 4.69) is 25.2 Å². The van der Waals surface area contributed by atoms with Crippen molar-refractivity contribution in [3.05, 3.63) is 23.8 Å². The molecule has 0 radical (unpaired) electrons. The molecule has 0 amide bonds. The molecular formula is C11H17NO. The number of ether oxygens (including phenoxy) is 1. The van der Waals surface area contributed by atoms with Gasteiger partial charge in [-0.3, -0.25) is 0 Å². The summed E-state index contributed by atoms with van der Waals surface area (Å²) >= 11 is 0. The van der Waals surface area contributed by atoms with Crippen molar-refractivity contribution in [1.29, 1.82) is 0 Å². The third-order valence-electron chi connectivity index (χ3n) is 1.93. The Bertz CT molecular complexity index is 271. The van der Waals surface area contributed by atoms with Crippen LogP contribution in [0.25, 0.3) is 0 Å². The lowest BCUT2D eigenvalue weighted by Gasteiger charge is -2.12. The predicted octanol–water partition coefficient (Wildman–Crippen LogP) is 2.83. The van der Waals surface area contributed by atoms with Gasteiger partial charge in [0.05, 0.1) is 12.3 Å².